The molecule has 3 nitrogen and oxygen atoms in total. The quantitative estimate of drug-likeness (QED) is 0.882. The number of pyridine rings is 1. The summed E-state index contributed by atoms with van der Waals surface area (Å²) in [4.78, 5) is 3.85. The number of nitrogens with one attached hydrogen (secondary N) is 1. The number of nitrogens with zero attached hydrogens (tertiary/aromatic N) is 1. The van der Waals surface area contributed by atoms with Crippen LogP contribution in [-0.2, 0) is 6.18 Å². The van der Waals surface area contributed by atoms with Crippen LogP contribution >= 0.6 is 11.6 Å². The second-order valence-electron chi connectivity index (χ2n) is 5.68. The summed E-state index contributed by atoms with van der Waals surface area (Å²) in [7, 11) is 0. The maximum absolute atomic E-state index is 12.6. The number of rotatable bonds is 3. The fourth-order valence-corrected chi connectivity index (χ4v) is 3.09. The van der Waals surface area contributed by atoms with Gasteiger partial charge in [-0.05, 0) is 24.8 Å². The fraction of sp³-hybridized carbons (Fsp3) is 0.643. The van der Waals surface area contributed by atoms with Crippen LogP contribution in [0.4, 0.5) is 19.0 Å². The molecule has 3 N–H and O–H groups in total. The van der Waals surface area contributed by atoms with E-state index in [1.165, 1.54) is 0 Å². The number of anilines is 1. The zero-order chi connectivity index (χ0) is 15.7. The first kappa shape index (κ1) is 16.4. The molecule has 1 aromatic heterocycles. The molecular weight excluding hydrogens is 303 g/mol. The van der Waals surface area contributed by atoms with Crippen molar-refractivity contribution in [3.63, 3.8) is 0 Å². The van der Waals surface area contributed by atoms with E-state index in [1.54, 1.807) is 0 Å². The van der Waals surface area contributed by atoms with Gasteiger partial charge in [0.05, 0.1) is 16.1 Å². The number of hydrogen-bond acceptors (Lipinski definition) is 3. The van der Waals surface area contributed by atoms with E-state index in [1.807, 2.05) is 0 Å². The van der Waals surface area contributed by atoms with Crippen LogP contribution in [0.5, 0.6) is 0 Å². The molecule has 0 radical (unpaired) electrons. The monoisotopic (exact) mass is 321 g/mol. The second kappa shape index (κ2) is 6.01. The number of alkyl halides is 3. The van der Waals surface area contributed by atoms with Crippen LogP contribution in [0, 0.1) is 5.92 Å². The summed E-state index contributed by atoms with van der Waals surface area (Å²) >= 11 is 5.96. The van der Waals surface area contributed by atoms with Crippen LogP contribution in [0.1, 0.15) is 38.2 Å². The Bertz CT molecular complexity index is 507. The standard InChI is InChI=1S/C14H19ClF3N3/c1-9-4-2-3-5-13(9,8-19)21-12-11(15)6-10(7-20-12)14(16,17)18/h6-7,9H,2-5,8,19H2,1H3,(H,20,21). The molecule has 118 valence electrons. The van der Waals surface area contributed by atoms with Crippen molar-refractivity contribution in [1.82, 2.24) is 4.98 Å². The van der Waals surface area contributed by atoms with Gasteiger partial charge in [-0.2, -0.15) is 13.2 Å². The molecule has 1 aromatic rings. The first-order chi connectivity index (χ1) is 9.78. The first-order valence-electron chi connectivity index (χ1n) is 6.99. The number of aromatic nitrogens is 1. The van der Waals surface area contributed by atoms with Crippen LogP contribution in [-0.4, -0.2) is 17.1 Å². The van der Waals surface area contributed by atoms with Crippen molar-refractivity contribution in [2.75, 3.05) is 11.9 Å². The minimum atomic E-state index is -4.45. The summed E-state index contributed by atoms with van der Waals surface area (Å²) in [5, 5.41) is 3.17. The molecule has 2 atom stereocenters. The summed E-state index contributed by atoms with van der Waals surface area (Å²) in [6, 6.07) is 0.897. The van der Waals surface area contributed by atoms with Crippen LogP contribution in [0.3, 0.4) is 0 Å². The molecule has 2 rings (SSSR count). The topological polar surface area (TPSA) is 50.9 Å². The zero-order valence-corrected chi connectivity index (χ0v) is 12.6. The highest BCUT2D eigenvalue weighted by molar-refractivity contribution is 6.33. The summed E-state index contributed by atoms with van der Waals surface area (Å²) in [5.74, 6) is 0.584. The third-order valence-corrected chi connectivity index (χ3v) is 4.64. The predicted molar refractivity (Wildman–Crippen MR) is 77.3 cm³/mol. The van der Waals surface area contributed by atoms with Gasteiger partial charge in [0, 0.05) is 12.7 Å². The van der Waals surface area contributed by atoms with E-state index in [2.05, 4.69) is 17.2 Å². The Morgan fingerprint density at radius 1 is 1.48 bits per heavy atom. The lowest BCUT2D eigenvalue weighted by Crippen LogP contribution is -2.52. The van der Waals surface area contributed by atoms with Crippen molar-refractivity contribution in [1.29, 1.82) is 0 Å². The van der Waals surface area contributed by atoms with Crippen molar-refractivity contribution >= 4 is 17.4 Å². The molecule has 0 saturated heterocycles. The van der Waals surface area contributed by atoms with Gasteiger partial charge in [0.15, 0.2) is 0 Å². The van der Waals surface area contributed by atoms with Crippen LogP contribution in [0.15, 0.2) is 12.3 Å². The molecule has 0 bridgehead atoms. The Hall–Kier alpha value is -1.01. The van der Waals surface area contributed by atoms with Crippen LogP contribution in [0.25, 0.3) is 0 Å². The molecule has 0 aliphatic heterocycles. The van der Waals surface area contributed by atoms with Gasteiger partial charge >= 0.3 is 6.18 Å². The third kappa shape index (κ3) is 3.43. The minimum Gasteiger partial charge on any atom is -0.362 e. The smallest absolute Gasteiger partial charge is 0.362 e. The Morgan fingerprint density at radius 3 is 2.71 bits per heavy atom. The lowest BCUT2D eigenvalue weighted by Gasteiger charge is -2.43. The predicted octanol–water partition coefficient (Wildman–Crippen LogP) is 4.07. The molecule has 0 spiro atoms. The highest BCUT2D eigenvalue weighted by Crippen LogP contribution is 2.38. The lowest BCUT2D eigenvalue weighted by molar-refractivity contribution is -0.137. The van der Waals surface area contributed by atoms with Gasteiger partial charge in [-0.3, -0.25) is 0 Å². The van der Waals surface area contributed by atoms with Gasteiger partial charge in [0.2, 0.25) is 0 Å². The van der Waals surface area contributed by atoms with Crippen LogP contribution in [0.2, 0.25) is 5.02 Å². The largest absolute Gasteiger partial charge is 0.417 e. The van der Waals surface area contributed by atoms with Gasteiger partial charge < -0.3 is 11.1 Å². The van der Waals surface area contributed by atoms with Gasteiger partial charge in [0.25, 0.3) is 0 Å². The minimum absolute atomic E-state index is 0.0320. The molecule has 1 fully saturated rings. The Balaban J connectivity index is 2.26. The molecule has 0 aromatic carbocycles. The van der Waals surface area contributed by atoms with Crippen molar-refractivity contribution in [3.8, 4) is 0 Å². The van der Waals surface area contributed by atoms with E-state index < -0.39 is 11.7 Å². The highest BCUT2D eigenvalue weighted by Gasteiger charge is 2.38. The average Bonchev–Trinajstić information content (AvgIpc) is 2.42. The van der Waals surface area contributed by atoms with E-state index in [4.69, 9.17) is 17.3 Å². The summed E-state index contributed by atoms with van der Waals surface area (Å²) in [6.07, 6.45) is 0.419. The molecule has 7 heteroatoms. The zero-order valence-electron chi connectivity index (χ0n) is 11.8. The summed E-state index contributed by atoms with van der Waals surface area (Å²) in [6.45, 7) is 2.49. The molecule has 1 aliphatic carbocycles. The van der Waals surface area contributed by atoms with Crippen molar-refractivity contribution < 1.29 is 13.2 Å². The first-order valence-corrected chi connectivity index (χ1v) is 7.37. The molecule has 1 saturated carbocycles. The van der Waals surface area contributed by atoms with E-state index >= 15 is 0 Å². The van der Waals surface area contributed by atoms with Gasteiger partial charge in [-0.25, -0.2) is 4.98 Å². The molecule has 2 unspecified atom stereocenters. The number of hydrogen-bond donors (Lipinski definition) is 2. The molecule has 0 amide bonds. The van der Waals surface area contributed by atoms with Crippen molar-refractivity contribution in [3.05, 3.63) is 22.8 Å². The Morgan fingerprint density at radius 2 is 2.19 bits per heavy atom. The SMILES string of the molecule is CC1CCCCC1(CN)Nc1ncc(C(F)(F)F)cc1Cl. The third-order valence-electron chi connectivity index (χ3n) is 4.35. The van der Waals surface area contributed by atoms with Crippen LogP contribution < -0.4 is 11.1 Å². The molecule has 21 heavy (non-hydrogen) atoms. The van der Waals surface area contributed by atoms with Gasteiger partial charge in [0.1, 0.15) is 5.82 Å². The normalized spacial score (nSPS) is 26.7. The summed E-state index contributed by atoms with van der Waals surface area (Å²) < 4.78 is 37.9. The highest BCUT2D eigenvalue weighted by atomic mass is 35.5. The van der Waals surface area contributed by atoms with Gasteiger partial charge in [-0.1, -0.05) is 31.4 Å². The van der Waals surface area contributed by atoms with E-state index in [-0.39, 0.29) is 16.4 Å². The van der Waals surface area contributed by atoms with Gasteiger partial charge in [-0.15, -0.1) is 0 Å². The van der Waals surface area contributed by atoms with E-state index in [9.17, 15) is 13.2 Å². The molecule has 1 aliphatic rings. The number of nitrogens with two attached hydrogens (primary N) is 1. The maximum atomic E-state index is 12.6. The fourth-order valence-electron chi connectivity index (χ4n) is 2.87. The second-order valence-corrected chi connectivity index (χ2v) is 6.09. The number of halogens is 4. The lowest BCUT2D eigenvalue weighted by atomic mass is 9.73. The Labute approximate surface area is 127 Å². The van der Waals surface area contributed by atoms with E-state index in [0.29, 0.717) is 12.5 Å². The van der Waals surface area contributed by atoms with Crippen molar-refractivity contribution in [2.24, 2.45) is 11.7 Å². The maximum Gasteiger partial charge on any atom is 0.417 e. The molecule has 1 heterocycles. The Kier molecular flexibility index (Phi) is 4.68. The van der Waals surface area contributed by atoms with Crippen molar-refractivity contribution in [2.45, 2.75) is 44.3 Å². The van der Waals surface area contributed by atoms with E-state index in [0.717, 1.165) is 37.9 Å². The average molecular weight is 322 g/mol. The molecular formula is C14H19ClF3N3. The summed E-state index contributed by atoms with van der Waals surface area (Å²) in [5.41, 5.74) is 4.71.